The van der Waals surface area contributed by atoms with Gasteiger partial charge in [-0.3, -0.25) is 4.79 Å². The van der Waals surface area contributed by atoms with Crippen molar-refractivity contribution in [2.24, 2.45) is 5.92 Å². The van der Waals surface area contributed by atoms with Gasteiger partial charge in [-0.1, -0.05) is 25.1 Å². The van der Waals surface area contributed by atoms with E-state index in [1.807, 2.05) is 39.3 Å². The number of carbonyl (C=O) groups excluding carboxylic acids is 1. The molecule has 4 heteroatoms. The molecule has 0 radical (unpaired) electrons. The molecule has 1 heterocycles. The van der Waals surface area contributed by atoms with Gasteiger partial charge in [-0.25, -0.2) is 0 Å². The SMILES string of the molecule is CC(Cc1c[nH]c2ccccc12)C(=O)NCCN(C)C. The Kier molecular flexibility index (Phi) is 4.79. The average molecular weight is 273 g/mol. The van der Waals surface area contributed by atoms with Crippen LogP contribution in [0.4, 0.5) is 0 Å². The highest BCUT2D eigenvalue weighted by molar-refractivity contribution is 5.84. The van der Waals surface area contributed by atoms with Crippen molar-refractivity contribution >= 4 is 16.8 Å². The van der Waals surface area contributed by atoms with E-state index in [1.54, 1.807) is 0 Å². The molecular formula is C16H23N3O. The van der Waals surface area contributed by atoms with Crippen molar-refractivity contribution in [3.63, 3.8) is 0 Å². The average Bonchev–Trinajstić information content (AvgIpc) is 2.81. The fourth-order valence-corrected chi connectivity index (χ4v) is 2.30. The van der Waals surface area contributed by atoms with Crippen LogP contribution in [0.25, 0.3) is 10.9 Å². The largest absolute Gasteiger partial charge is 0.361 e. The number of likely N-dealkylation sites (N-methyl/N-ethyl adjacent to an activating group) is 1. The maximum Gasteiger partial charge on any atom is 0.223 e. The molecule has 1 amide bonds. The molecule has 4 nitrogen and oxygen atoms in total. The first-order valence-corrected chi connectivity index (χ1v) is 7.05. The summed E-state index contributed by atoms with van der Waals surface area (Å²) in [7, 11) is 4.00. The summed E-state index contributed by atoms with van der Waals surface area (Å²) in [5.74, 6) is 0.105. The molecule has 0 fully saturated rings. The van der Waals surface area contributed by atoms with Crippen molar-refractivity contribution in [2.75, 3.05) is 27.2 Å². The van der Waals surface area contributed by atoms with Crippen LogP contribution in [0.5, 0.6) is 0 Å². The molecule has 2 rings (SSSR count). The van der Waals surface area contributed by atoms with Gasteiger partial charge in [0.25, 0.3) is 0 Å². The van der Waals surface area contributed by atoms with Gasteiger partial charge < -0.3 is 15.2 Å². The number of rotatable bonds is 6. The Morgan fingerprint density at radius 2 is 2.10 bits per heavy atom. The van der Waals surface area contributed by atoms with Gasteiger partial charge in [0.2, 0.25) is 5.91 Å². The molecule has 20 heavy (non-hydrogen) atoms. The number of H-pyrrole nitrogens is 1. The summed E-state index contributed by atoms with van der Waals surface area (Å²) in [4.78, 5) is 17.4. The number of benzene rings is 1. The fourth-order valence-electron chi connectivity index (χ4n) is 2.30. The summed E-state index contributed by atoms with van der Waals surface area (Å²) < 4.78 is 0. The summed E-state index contributed by atoms with van der Waals surface area (Å²) in [6.07, 6.45) is 2.77. The quantitative estimate of drug-likeness (QED) is 0.846. The van der Waals surface area contributed by atoms with E-state index in [-0.39, 0.29) is 11.8 Å². The van der Waals surface area contributed by atoms with Crippen molar-refractivity contribution in [1.29, 1.82) is 0 Å². The van der Waals surface area contributed by atoms with Crippen molar-refractivity contribution in [2.45, 2.75) is 13.3 Å². The van der Waals surface area contributed by atoms with E-state index in [9.17, 15) is 4.79 Å². The van der Waals surface area contributed by atoms with Crippen LogP contribution in [-0.4, -0.2) is 43.0 Å². The number of para-hydroxylation sites is 1. The molecule has 2 N–H and O–H groups in total. The lowest BCUT2D eigenvalue weighted by atomic mass is 10.00. The van der Waals surface area contributed by atoms with Crippen LogP contribution in [0.15, 0.2) is 30.5 Å². The zero-order valence-electron chi connectivity index (χ0n) is 12.4. The highest BCUT2D eigenvalue weighted by atomic mass is 16.1. The molecule has 0 aliphatic carbocycles. The number of nitrogens with zero attached hydrogens (tertiary/aromatic N) is 1. The van der Waals surface area contributed by atoms with Crippen LogP contribution < -0.4 is 5.32 Å². The molecule has 0 spiro atoms. The van der Waals surface area contributed by atoms with Crippen LogP contribution in [0, 0.1) is 5.92 Å². The first-order valence-electron chi connectivity index (χ1n) is 7.05. The third-order valence-corrected chi connectivity index (χ3v) is 3.51. The van der Waals surface area contributed by atoms with Crippen molar-refractivity contribution < 1.29 is 4.79 Å². The second kappa shape index (κ2) is 6.57. The highest BCUT2D eigenvalue weighted by Crippen LogP contribution is 2.20. The predicted molar refractivity (Wildman–Crippen MR) is 82.7 cm³/mol. The lowest BCUT2D eigenvalue weighted by Gasteiger charge is -2.14. The Labute approximate surface area is 120 Å². The number of aromatic amines is 1. The van der Waals surface area contributed by atoms with Crippen LogP contribution >= 0.6 is 0 Å². The lowest BCUT2D eigenvalue weighted by Crippen LogP contribution is -2.35. The van der Waals surface area contributed by atoms with E-state index >= 15 is 0 Å². The van der Waals surface area contributed by atoms with E-state index in [4.69, 9.17) is 0 Å². The monoisotopic (exact) mass is 273 g/mol. The van der Waals surface area contributed by atoms with E-state index in [1.165, 1.54) is 10.9 Å². The van der Waals surface area contributed by atoms with Gasteiger partial charge in [0.15, 0.2) is 0 Å². The van der Waals surface area contributed by atoms with Crippen LogP contribution in [0.3, 0.4) is 0 Å². The first-order chi connectivity index (χ1) is 9.58. The summed E-state index contributed by atoms with van der Waals surface area (Å²) >= 11 is 0. The van der Waals surface area contributed by atoms with Gasteiger partial charge >= 0.3 is 0 Å². The van der Waals surface area contributed by atoms with Crippen LogP contribution in [0.1, 0.15) is 12.5 Å². The van der Waals surface area contributed by atoms with Crippen molar-refractivity contribution in [3.8, 4) is 0 Å². The minimum absolute atomic E-state index is 0.0173. The standard InChI is InChI=1S/C16H23N3O/c1-12(16(20)17-8-9-19(2)3)10-13-11-18-15-7-5-4-6-14(13)15/h4-7,11-12,18H,8-10H2,1-3H3,(H,17,20). The maximum atomic E-state index is 12.0. The zero-order chi connectivity index (χ0) is 14.5. The Morgan fingerprint density at radius 3 is 2.85 bits per heavy atom. The molecule has 1 atom stereocenters. The van der Waals surface area contributed by atoms with Crippen molar-refractivity contribution in [3.05, 3.63) is 36.0 Å². The summed E-state index contributed by atoms with van der Waals surface area (Å²) in [6.45, 7) is 3.54. The maximum absolute atomic E-state index is 12.0. The van der Waals surface area contributed by atoms with Gasteiger partial charge in [0.05, 0.1) is 0 Å². The molecule has 1 unspecified atom stereocenters. The Morgan fingerprint density at radius 1 is 1.35 bits per heavy atom. The number of hydrogen-bond acceptors (Lipinski definition) is 2. The summed E-state index contributed by atoms with van der Waals surface area (Å²) in [5, 5.41) is 4.19. The summed E-state index contributed by atoms with van der Waals surface area (Å²) in [5.41, 5.74) is 2.33. The molecular weight excluding hydrogens is 250 g/mol. The smallest absolute Gasteiger partial charge is 0.223 e. The number of aromatic nitrogens is 1. The Balaban J connectivity index is 1.93. The van der Waals surface area contributed by atoms with Crippen molar-refractivity contribution in [1.82, 2.24) is 15.2 Å². The number of hydrogen-bond donors (Lipinski definition) is 2. The second-order valence-electron chi connectivity index (χ2n) is 5.56. The van der Waals surface area contributed by atoms with Gasteiger partial charge in [-0.2, -0.15) is 0 Å². The third-order valence-electron chi connectivity index (χ3n) is 3.51. The molecule has 108 valence electrons. The number of nitrogens with one attached hydrogen (secondary N) is 2. The minimum Gasteiger partial charge on any atom is -0.361 e. The lowest BCUT2D eigenvalue weighted by molar-refractivity contribution is -0.124. The normalized spacial score (nSPS) is 12.8. The third kappa shape index (κ3) is 3.61. The number of amides is 1. The molecule has 0 bridgehead atoms. The molecule has 0 aliphatic heterocycles. The van der Waals surface area contributed by atoms with E-state index < -0.39 is 0 Å². The van der Waals surface area contributed by atoms with Gasteiger partial charge in [0, 0.05) is 36.1 Å². The highest BCUT2D eigenvalue weighted by Gasteiger charge is 2.15. The van der Waals surface area contributed by atoms with E-state index in [0.717, 1.165) is 18.5 Å². The molecule has 1 aromatic heterocycles. The van der Waals surface area contributed by atoms with Crippen LogP contribution in [0.2, 0.25) is 0 Å². The summed E-state index contributed by atoms with van der Waals surface area (Å²) in [6, 6.07) is 8.19. The van der Waals surface area contributed by atoms with Gasteiger partial charge in [-0.15, -0.1) is 0 Å². The Bertz CT molecular complexity index is 574. The Hall–Kier alpha value is -1.81. The minimum atomic E-state index is -0.0173. The topological polar surface area (TPSA) is 48.1 Å². The molecule has 0 aliphatic rings. The number of carbonyl (C=O) groups is 1. The molecule has 1 aromatic carbocycles. The molecule has 2 aromatic rings. The first kappa shape index (κ1) is 14.6. The second-order valence-corrected chi connectivity index (χ2v) is 5.56. The molecule has 0 saturated heterocycles. The van der Waals surface area contributed by atoms with Crippen LogP contribution in [-0.2, 0) is 11.2 Å². The predicted octanol–water partition coefficient (Wildman–Crippen LogP) is 2.02. The van der Waals surface area contributed by atoms with E-state index in [2.05, 4.69) is 27.3 Å². The molecule has 0 saturated carbocycles. The van der Waals surface area contributed by atoms with Gasteiger partial charge in [0.1, 0.15) is 0 Å². The zero-order valence-corrected chi connectivity index (χ0v) is 12.4. The fraction of sp³-hybridized carbons (Fsp3) is 0.438. The van der Waals surface area contributed by atoms with Gasteiger partial charge in [-0.05, 0) is 32.1 Å². The van der Waals surface area contributed by atoms with E-state index in [0.29, 0.717) is 6.54 Å². The number of fused-ring (bicyclic) bond motifs is 1.